The van der Waals surface area contributed by atoms with Gasteiger partial charge in [-0.05, 0) is 65.7 Å². The molecule has 4 rings (SSSR count). The highest BCUT2D eigenvalue weighted by atomic mass is 19.1. The first kappa shape index (κ1) is 22.5. The molecule has 0 aliphatic carbocycles. The zero-order chi connectivity index (χ0) is 23.9. The Morgan fingerprint density at radius 3 is 2.68 bits per heavy atom. The Hall–Kier alpha value is -4.70. The van der Waals surface area contributed by atoms with Crippen molar-refractivity contribution in [2.24, 2.45) is 0 Å². The molecule has 1 heterocycles. The van der Waals surface area contributed by atoms with Crippen LogP contribution in [0.2, 0.25) is 0 Å². The summed E-state index contributed by atoms with van der Waals surface area (Å²) in [7, 11) is 1.50. The van der Waals surface area contributed by atoms with E-state index in [0.29, 0.717) is 22.7 Å². The molecule has 0 saturated heterocycles. The van der Waals surface area contributed by atoms with Gasteiger partial charge in [0.2, 0.25) is 0 Å². The van der Waals surface area contributed by atoms with Crippen LogP contribution in [0.15, 0.2) is 84.6 Å². The lowest BCUT2D eigenvalue weighted by Gasteiger charge is -2.12. The number of pyridine rings is 1. The second kappa shape index (κ2) is 10.3. The molecule has 4 aromatic rings. The minimum Gasteiger partial charge on any atom is -0.493 e. The number of carbonyl (C=O) groups is 1. The summed E-state index contributed by atoms with van der Waals surface area (Å²) >= 11 is 0. The number of halogens is 1. The zero-order valence-electron chi connectivity index (χ0n) is 18.3. The van der Waals surface area contributed by atoms with Crippen LogP contribution in [0.5, 0.6) is 11.5 Å². The third-order valence-corrected chi connectivity index (χ3v) is 5.07. The van der Waals surface area contributed by atoms with Gasteiger partial charge in [0, 0.05) is 11.6 Å². The molecule has 0 saturated carbocycles. The van der Waals surface area contributed by atoms with Crippen LogP contribution in [0.1, 0.15) is 11.1 Å². The van der Waals surface area contributed by atoms with E-state index in [4.69, 9.17) is 9.47 Å². The molecule has 34 heavy (non-hydrogen) atoms. The summed E-state index contributed by atoms with van der Waals surface area (Å²) in [4.78, 5) is 17.1. The number of nitriles is 1. The Morgan fingerprint density at radius 1 is 1.09 bits per heavy atom. The lowest BCUT2D eigenvalue weighted by atomic mass is 10.1. The van der Waals surface area contributed by atoms with Crippen molar-refractivity contribution in [1.29, 1.82) is 5.26 Å². The number of ether oxygens (including phenoxy) is 2. The summed E-state index contributed by atoms with van der Waals surface area (Å²) < 4.78 is 24.3. The van der Waals surface area contributed by atoms with Gasteiger partial charge in [-0.3, -0.25) is 9.78 Å². The number of aromatic nitrogens is 1. The Bertz CT molecular complexity index is 1400. The summed E-state index contributed by atoms with van der Waals surface area (Å²) in [6.07, 6.45) is 3.15. The van der Waals surface area contributed by atoms with E-state index in [-0.39, 0.29) is 18.0 Å². The molecule has 168 valence electrons. The van der Waals surface area contributed by atoms with Gasteiger partial charge in [-0.15, -0.1) is 0 Å². The van der Waals surface area contributed by atoms with Crippen molar-refractivity contribution < 1.29 is 18.7 Å². The number of rotatable bonds is 7. The van der Waals surface area contributed by atoms with Gasteiger partial charge in [0.1, 0.15) is 24.1 Å². The third-order valence-electron chi connectivity index (χ3n) is 5.07. The first-order valence-corrected chi connectivity index (χ1v) is 10.4. The molecule has 0 radical (unpaired) electrons. The van der Waals surface area contributed by atoms with Gasteiger partial charge in [-0.1, -0.05) is 24.3 Å². The number of amides is 1. The summed E-state index contributed by atoms with van der Waals surface area (Å²) in [6, 6.07) is 22.1. The SMILES string of the molecule is COc1cc(/C=C(\C#N)C(=O)Nc2cccc3ncccc23)ccc1OCc1ccc(F)cc1. The number of nitrogens with zero attached hydrogens (tertiary/aromatic N) is 2. The third kappa shape index (κ3) is 5.19. The Balaban J connectivity index is 1.52. The van der Waals surface area contributed by atoms with E-state index in [1.54, 1.807) is 54.7 Å². The Labute approximate surface area is 195 Å². The van der Waals surface area contributed by atoms with E-state index in [0.717, 1.165) is 16.5 Å². The number of fused-ring (bicyclic) bond motifs is 1. The molecule has 0 bridgehead atoms. The maximum absolute atomic E-state index is 13.1. The van der Waals surface area contributed by atoms with Crippen LogP contribution in [0.3, 0.4) is 0 Å². The normalized spacial score (nSPS) is 11.0. The molecule has 0 aliphatic heterocycles. The maximum Gasteiger partial charge on any atom is 0.266 e. The number of hydrogen-bond acceptors (Lipinski definition) is 5. The average Bonchev–Trinajstić information content (AvgIpc) is 2.87. The Kier molecular flexibility index (Phi) is 6.80. The fourth-order valence-corrected chi connectivity index (χ4v) is 3.35. The second-order valence-corrected chi connectivity index (χ2v) is 7.33. The standard InChI is InChI=1S/C27H20FN3O3/c1-33-26-15-19(9-12-25(26)34-17-18-7-10-21(28)11-8-18)14-20(16-29)27(32)31-24-6-2-5-23-22(24)4-3-13-30-23/h2-15H,17H2,1H3,(H,31,32)/b20-14+. The van der Waals surface area contributed by atoms with E-state index >= 15 is 0 Å². The molecular formula is C27H20FN3O3. The molecule has 0 aliphatic rings. The topological polar surface area (TPSA) is 84.2 Å². The highest BCUT2D eigenvalue weighted by Crippen LogP contribution is 2.30. The summed E-state index contributed by atoms with van der Waals surface area (Å²) in [5.41, 5.74) is 2.64. The van der Waals surface area contributed by atoms with Crippen LogP contribution in [0, 0.1) is 17.1 Å². The van der Waals surface area contributed by atoms with Crippen molar-refractivity contribution in [2.75, 3.05) is 12.4 Å². The largest absolute Gasteiger partial charge is 0.493 e. The van der Waals surface area contributed by atoms with Crippen LogP contribution in [-0.4, -0.2) is 18.0 Å². The van der Waals surface area contributed by atoms with Crippen LogP contribution in [-0.2, 0) is 11.4 Å². The van der Waals surface area contributed by atoms with Crippen molar-refractivity contribution in [3.63, 3.8) is 0 Å². The zero-order valence-corrected chi connectivity index (χ0v) is 18.3. The summed E-state index contributed by atoms with van der Waals surface area (Å²) in [6.45, 7) is 0.234. The highest BCUT2D eigenvalue weighted by Gasteiger charge is 2.13. The number of hydrogen-bond donors (Lipinski definition) is 1. The van der Waals surface area contributed by atoms with Gasteiger partial charge >= 0.3 is 0 Å². The van der Waals surface area contributed by atoms with Crippen molar-refractivity contribution >= 4 is 28.6 Å². The molecule has 1 N–H and O–H groups in total. The van der Waals surface area contributed by atoms with Crippen molar-refractivity contribution in [3.05, 3.63) is 102 Å². The maximum atomic E-state index is 13.1. The molecule has 7 heteroatoms. The highest BCUT2D eigenvalue weighted by molar-refractivity contribution is 6.12. The van der Waals surface area contributed by atoms with E-state index in [1.165, 1.54) is 25.3 Å². The fourth-order valence-electron chi connectivity index (χ4n) is 3.35. The quantitative estimate of drug-likeness (QED) is 0.295. The summed E-state index contributed by atoms with van der Waals surface area (Å²) in [5, 5.41) is 13.1. The number of anilines is 1. The van der Waals surface area contributed by atoms with Gasteiger partial charge in [0.15, 0.2) is 11.5 Å². The first-order chi connectivity index (χ1) is 16.6. The predicted molar refractivity (Wildman–Crippen MR) is 128 cm³/mol. The fraction of sp³-hybridized carbons (Fsp3) is 0.0741. The molecule has 0 unspecified atom stereocenters. The van der Waals surface area contributed by atoms with Gasteiger partial charge < -0.3 is 14.8 Å². The van der Waals surface area contributed by atoms with E-state index < -0.39 is 5.91 Å². The van der Waals surface area contributed by atoms with Gasteiger partial charge in [0.25, 0.3) is 5.91 Å². The van der Waals surface area contributed by atoms with E-state index in [2.05, 4.69) is 10.3 Å². The Morgan fingerprint density at radius 2 is 1.91 bits per heavy atom. The smallest absolute Gasteiger partial charge is 0.266 e. The summed E-state index contributed by atoms with van der Waals surface area (Å²) in [5.74, 6) is 0.0743. The number of benzene rings is 3. The lowest BCUT2D eigenvalue weighted by Crippen LogP contribution is -2.13. The molecule has 0 atom stereocenters. The molecule has 0 fully saturated rings. The molecule has 1 aromatic heterocycles. The predicted octanol–water partition coefficient (Wildman–Crippen LogP) is 5.51. The van der Waals surface area contributed by atoms with Crippen molar-refractivity contribution in [2.45, 2.75) is 6.61 Å². The van der Waals surface area contributed by atoms with Crippen LogP contribution in [0.25, 0.3) is 17.0 Å². The molecule has 6 nitrogen and oxygen atoms in total. The van der Waals surface area contributed by atoms with E-state index in [9.17, 15) is 14.4 Å². The monoisotopic (exact) mass is 453 g/mol. The van der Waals surface area contributed by atoms with Crippen molar-refractivity contribution in [3.8, 4) is 17.6 Å². The van der Waals surface area contributed by atoms with Crippen LogP contribution in [0.4, 0.5) is 10.1 Å². The van der Waals surface area contributed by atoms with Gasteiger partial charge in [0.05, 0.1) is 18.3 Å². The van der Waals surface area contributed by atoms with Crippen LogP contribution < -0.4 is 14.8 Å². The van der Waals surface area contributed by atoms with Crippen molar-refractivity contribution in [1.82, 2.24) is 4.98 Å². The minimum absolute atomic E-state index is 0.0667. The van der Waals surface area contributed by atoms with Gasteiger partial charge in [-0.25, -0.2) is 4.39 Å². The molecule has 0 spiro atoms. The van der Waals surface area contributed by atoms with Gasteiger partial charge in [-0.2, -0.15) is 5.26 Å². The second-order valence-electron chi connectivity index (χ2n) is 7.33. The molecular weight excluding hydrogens is 433 g/mol. The average molecular weight is 453 g/mol. The number of methoxy groups -OCH3 is 1. The molecule has 1 amide bonds. The van der Waals surface area contributed by atoms with Crippen LogP contribution >= 0.6 is 0 Å². The number of carbonyl (C=O) groups excluding carboxylic acids is 1. The number of nitrogens with one attached hydrogen (secondary N) is 1. The first-order valence-electron chi connectivity index (χ1n) is 10.4. The molecule has 3 aromatic carbocycles. The minimum atomic E-state index is -0.533. The van der Waals surface area contributed by atoms with E-state index in [1.807, 2.05) is 18.2 Å². The lowest BCUT2D eigenvalue weighted by molar-refractivity contribution is -0.112.